The lowest BCUT2D eigenvalue weighted by molar-refractivity contribution is -0.121. The third kappa shape index (κ3) is 5.05. The zero-order valence-corrected chi connectivity index (χ0v) is 13.2. The monoisotopic (exact) mass is 289 g/mol. The predicted octanol–water partition coefficient (Wildman–Crippen LogP) is 2.11. The van der Waals surface area contributed by atoms with Gasteiger partial charge in [-0.25, -0.2) is 0 Å². The molecule has 1 fully saturated rings. The van der Waals surface area contributed by atoms with E-state index in [1.54, 1.807) is 0 Å². The van der Waals surface area contributed by atoms with Crippen molar-refractivity contribution in [2.75, 3.05) is 37.6 Å². The minimum atomic E-state index is 0.149. The van der Waals surface area contributed by atoms with Gasteiger partial charge in [0.25, 0.3) is 0 Å². The van der Waals surface area contributed by atoms with Gasteiger partial charge in [-0.1, -0.05) is 25.1 Å². The van der Waals surface area contributed by atoms with Gasteiger partial charge in [0.05, 0.1) is 0 Å². The van der Waals surface area contributed by atoms with Gasteiger partial charge in [0.2, 0.25) is 5.91 Å². The van der Waals surface area contributed by atoms with Crippen molar-refractivity contribution < 1.29 is 4.79 Å². The molecule has 21 heavy (non-hydrogen) atoms. The molecule has 1 amide bonds. The topological polar surface area (TPSA) is 35.6 Å². The van der Waals surface area contributed by atoms with Gasteiger partial charge in [-0.15, -0.1) is 0 Å². The van der Waals surface area contributed by atoms with Gasteiger partial charge in [0.1, 0.15) is 0 Å². The number of para-hydroxylation sites is 1. The zero-order chi connectivity index (χ0) is 15.1. The summed E-state index contributed by atoms with van der Waals surface area (Å²) in [7, 11) is 0. The number of amides is 1. The molecular formula is C17H27N3O. The van der Waals surface area contributed by atoms with Crippen molar-refractivity contribution in [2.45, 2.75) is 32.7 Å². The van der Waals surface area contributed by atoms with Crippen molar-refractivity contribution in [3.05, 3.63) is 30.3 Å². The first-order chi connectivity index (χ1) is 10.2. The molecule has 0 unspecified atom stereocenters. The highest BCUT2D eigenvalue weighted by Crippen LogP contribution is 2.15. The number of hydrogen-bond acceptors (Lipinski definition) is 3. The lowest BCUT2D eigenvalue weighted by Crippen LogP contribution is -2.47. The van der Waals surface area contributed by atoms with Crippen LogP contribution in [-0.2, 0) is 4.79 Å². The highest BCUT2D eigenvalue weighted by molar-refractivity contribution is 5.75. The Balaban J connectivity index is 1.68. The Morgan fingerprint density at radius 1 is 1.19 bits per heavy atom. The van der Waals surface area contributed by atoms with Crippen molar-refractivity contribution in [1.82, 2.24) is 10.2 Å². The SMILES string of the molecule is CCC(=O)N[C@H](C)CCN1CCN(c2ccccc2)CC1. The summed E-state index contributed by atoms with van der Waals surface area (Å²) in [6.07, 6.45) is 1.59. The van der Waals surface area contributed by atoms with E-state index in [0.29, 0.717) is 6.42 Å². The summed E-state index contributed by atoms with van der Waals surface area (Å²) in [5.74, 6) is 0.149. The lowest BCUT2D eigenvalue weighted by Gasteiger charge is -2.36. The van der Waals surface area contributed by atoms with Crippen LogP contribution in [0.3, 0.4) is 0 Å². The molecule has 1 heterocycles. The molecule has 1 N–H and O–H groups in total. The van der Waals surface area contributed by atoms with E-state index < -0.39 is 0 Å². The van der Waals surface area contributed by atoms with Crippen LogP contribution in [0.1, 0.15) is 26.7 Å². The largest absolute Gasteiger partial charge is 0.369 e. The minimum Gasteiger partial charge on any atom is -0.369 e. The normalized spacial score (nSPS) is 17.5. The van der Waals surface area contributed by atoms with E-state index >= 15 is 0 Å². The summed E-state index contributed by atoms with van der Waals surface area (Å²) in [4.78, 5) is 16.3. The van der Waals surface area contributed by atoms with Crippen LogP contribution in [0.4, 0.5) is 5.69 Å². The fourth-order valence-corrected chi connectivity index (χ4v) is 2.69. The Morgan fingerprint density at radius 3 is 2.48 bits per heavy atom. The number of rotatable bonds is 6. The van der Waals surface area contributed by atoms with Crippen molar-refractivity contribution in [2.24, 2.45) is 0 Å². The summed E-state index contributed by atoms with van der Waals surface area (Å²) >= 11 is 0. The highest BCUT2D eigenvalue weighted by Gasteiger charge is 2.17. The predicted molar refractivity (Wildman–Crippen MR) is 87.6 cm³/mol. The fourth-order valence-electron chi connectivity index (χ4n) is 2.69. The van der Waals surface area contributed by atoms with E-state index in [9.17, 15) is 4.79 Å². The Morgan fingerprint density at radius 2 is 1.86 bits per heavy atom. The molecule has 1 aliphatic heterocycles. The maximum Gasteiger partial charge on any atom is 0.219 e. The van der Waals surface area contributed by atoms with Crippen LogP contribution in [0.25, 0.3) is 0 Å². The van der Waals surface area contributed by atoms with E-state index in [2.05, 4.69) is 52.4 Å². The molecule has 4 nitrogen and oxygen atoms in total. The van der Waals surface area contributed by atoms with E-state index in [0.717, 1.165) is 39.1 Å². The van der Waals surface area contributed by atoms with E-state index in [1.165, 1.54) is 5.69 Å². The highest BCUT2D eigenvalue weighted by atomic mass is 16.1. The van der Waals surface area contributed by atoms with Gasteiger partial charge in [0, 0.05) is 50.9 Å². The van der Waals surface area contributed by atoms with Gasteiger partial charge in [-0.3, -0.25) is 9.69 Å². The molecule has 1 aromatic carbocycles. The average Bonchev–Trinajstić information content (AvgIpc) is 2.54. The van der Waals surface area contributed by atoms with Crippen LogP contribution in [0.2, 0.25) is 0 Å². The standard InChI is InChI=1S/C17H27N3O/c1-3-17(21)18-15(2)9-10-19-11-13-20(14-12-19)16-7-5-4-6-8-16/h4-8,15H,3,9-14H2,1-2H3,(H,18,21)/t15-/m1/s1. The second-order valence-electron chi connectivity index (χ2n) is 5.78. The molecule has 1 saturated heterocycles. The molecule has 4 heteroatoms. The van der Waals surface area contributed by atoms with E-state index in [4.69, 9.17) is 0 Å². The van der Waals surface area contributed by atoms with Crippen LogP contribution < -0.4 is 10.2 Å². The molecular weight excluding hydrogens is 262 g/mol. The Hall–Kier alpha value is -1.55. The number of anilines is 1. The van der Waals surface area contributed by atoms with Crippen molar-refractivity contribution in [3.63, 3.8) is 0 Å². The van der Waals surface area contributed by atoms with Crippen LogP contribution >= 0.6 is 0 Å². The van der Waals surface area contributed by atoms with Gasteiger partial charge < -0.3 is 10.2 Å². The number of piperazine rings is 1. The Labute approximate surface area is 128 Å². The number of nitrogens with one attached hydrogen (secondary N) is 1. The van der Waals surface area contributed by atoms with Crippen molar-refractivity contribution >= 4 is 11.6 Å². The Kier molecular flexibility index (Phi) is 6.05. The number of carbonyl (C=O) groups is 1. The summed E-state index contributed by atoms with van der Waals surface area (Å²) in [5, 5.41) is 3.03. The maximum absolute atomic E-state index is 11.3. The van der Waals surface area contributed by atoms with E-state index in [-0.39, 0.29) is 11.9 Å². The molecule has 1 aliphatic rings. The number of carbonyl (C=O) groups excluding carboxylic acids is 1. The van der Waals surface area contributed by atoms with Crippen LogP contribution in [0, 0.1) is 0 Å². The smallest absolute Gasteiger partial charge is 0.219 e. The molecule has 2 rings (SSSR count). The van der Waals surface area contributed by atoms with Gasteiger partial charge in [-0.05, 0) is 25.5 Å². The summed E-state index contributed by atoms with van der Waals surface area (Å²) < 4.78 is 0. The quantitative estimate of drug-likeness (QED) is 0.871. The van der Waals surface area contributed by atoms with Crippen LogP contribution in [0.5, 0.6) is 0 Å². The van der Waals surface area contributed by atoms with Crippen LogP contribution in [0.15, 0.2) is 30.3 Å². The first kappa shape index (κ1) is 15.8. The van der Waals surface area contributed by atoms with Gasteiger partial charge in [0.15, 0.2) is 0 Å². The first-order valence-electron chi connectivity index (χ1n) is 8.00. The average molecular weight is 289 g/mol. The van der Waals surface area contributed by atoms with Crippen molar-refractivity contribution in [3.8, 4) is 0 Å². The van der Waals surface area contributed by atoms with Gasteiger partial charge >= 0.3 is 0 Å². The molecule has 1 atom stereocenters. The van der Waals surface area contributed by atoms with Crippen molar-refractivity contribution in [1.29, 1.82) is 0 Å². The second-order valence-corrected chi connectivity index (χ2v) is 5.78. The number of benzene rings is 1. The van der Waals surface area contributed by atoms with E-state index in [1.807, 2.05) is 6.92 Å². The Bertz CT molecular complexity index is 427. The minimum absolute atomic E-state index is 0.149. The molecule has 116 valence electrons. The first-order valence-corrected chi connectivity index (χ1v) is 8.00. The van der Waals surface area contributed by atoms with Gasteiger partial charge in [-0.2, -0.15) is 0 Å². The molecule has 0 aromatic heterocycles. The number of hydrogen-bond donors (Lipinski definition) is 1. The van der Waals surface area contributed by atoms with Crippen LogP contribution in [-0.4, -0.2) is 49.6 Å². The third-order valence-electron chi connectivity index (χ3n) is 4.10. The lowest BCUT2D eigenvalue weighted by atomic mass is 10.2. The molecule has 0 aliphatic carbocycles. The molecule has 0 saturated carbocycles. The zero-order valence-electron chi connectivity index (χ0n) is 13.2. The second kappa shape index (κ2) is 8.03. The summed E-state index contributed by atoms with van der Waals surface area (Å²) in [6.45, 7) is 9.42. The molecule has 0 bridgehead atoms. The third-order valence-corrected chi connectivity index (χ3v) is 4.10. The molecule has 0 spiro atoms. The molecule has 1 aromatic rings. The number of nitrogens with zero attached hydrogens (tertiary/aromatic N) is 2. The summed E-state index contributed by atoms with van der Waals surface area (Å²) in [5.41, 5.74) is 1.32. The summed E-state index contributed by atoms with van der Waals surface area (Å²) in [6, 6.07) is 10.9. The molecule has 0 radical (unpaired) electrons. The fraction of sp³-hybridized carbons (Fsp3) is 0.588. The maximum atomic E-state index is 11.3.